The Bertz CT molecular complexity index is 401. The molecule has 0 saturated heterocycles. The van der Waals surface area contributed by atoms with Gasteiger partial charge in [0.1, 0.15) is 11.3 Å². The Hall–Kier alpha value is -1.07. The molecule has 1 saturated carbocycles. The summed E-state index contributed by atoms with van der Waals surface area (Å²) in [7, 11) is 0. The fraction of sp³-hybridized carbons (Fsp3) is 0.769. The number of rotatable bonds is 3. The molecular weight excluding hydrogens is 230 g/mol. The van der Waals surface area contributed by atoms with Gasteiger partial charge in [0.25, 0.3) is 0 Å². The van der Waals surface area contributed by atoms with Crippen LogP contribution in [0.2, 0.25) is 0 Å². The maximum absolute atomic E-state index is 9.97. The SMILES string of the molecule is CC(C)(O)c1nn([C@H]2CC[C@H](CO)CC2)cc1N. The number of aliphatic hydroxyl groups excluding tert-OH is 1. The summed E-state index contributed by atoms with van der Waals surface area (Å²) in [6.45, 7) is 3.67. The van der Waals surface area contributed by atoms with Gasteiger partial charge in [-0.3, -0.25) is 4.68 Å². The quantitative estimate of drug-likeness (QED) is 0.760. The molecule has 1 aliphatic carbocycles. The second-order valence-corrected chi connectivity index (χ2v) is 5.83. The van der Waals surface area contributed by atoms with Crippen molar-refractivity contribution in [3.8, 4) is 0 Å². The molecule has 5 heteroatoms. The van der Waals surface area contributed by atoms with Crippen LogP contribution in [-0.2, 0) is 5.60 Å². The van der Waals surface area contributed by atoms with Crippen molar-refractivity contribution in [2.45, 2.75) is 51.2 Å². The first-order chi connectivity index (χ1) is 8.41. The van der Waals surface area contributed by atoms with Gasteiger partial charge < -0.3 is 15.9 Å². The summed E-state index contributed by atoms with van der Waals surface area (Å²) in [5, 5.41) is 23.5. The molecule has 1 aromatic rings. The first-order valence-corrected chi connectivity index (χ1v) is 6.60. The summed E-state index contributed by atoms with van der Waals surface area (Å²) in [5.41, 5.74) is 6.00. The molecule has 0 aromatic carbocycles. The molecule has 0 aliphatic heterocycles. The molecular formula is C13H23N3O2. The molecule has 1 aromatic heterocycles. The van der Waals surface area contributed by atoms with Gasteiger partial charge in [0.15, 0.2) is 0 Å². The zero-order valence-corrected chi connectivity index (χ0v) is 11.1. The standard InChI is InChI=1S/C13H23N3O2/c1-13(2,18)12-11(14)7-16(15-12)10-5-3-9(8-17)4-6-10/h7,9-10,17-18H,3-6,8,14H2,1-2H3/t9-,10-. The Morgan fingerprint density at radius 3 is 2.44 bits per heavy atom. The predicted octanol–water partition coefficient (Wildman–Crippen LogP) is 1.42. The average Bonchev–Trinajstić information content (AvgIpc) is 2.71. The van der Waals surface area contributed by atoms with Crippen molar-refractivity contribution in [2.24, 2.45) is 5.92 Å². The molecule has 0 atom stereocenters. The van der Waals surface area contributed by atoms with Crippen molar-refractivity contribution >= 4 is 5.69 Å². The van der Waals surface area contributed by atoms with E-state index in [1.54, 1.807) is 13.8 Å². The molecule has 0 radical (unpaired) electrons. The Kier molecular flexibility index (Phi) is 3.64. The fourth-order valence-corrected chi connectivity index (χ4v) is 2.66. The van der Waals surface area contributed by atoms with Crippen molar-refractivity contribution in [2.75, 3.05) is 12.3 Å². The Morgan fingerprint density at radius 1 is 1.39 bits per heavy atom. The summed E-state index contributed by atoms with van der Waals surface area (Å²) in [4.78, 5) is 0. The molecule has 1 aliphatic rings. The van der Waals surface area contributed by atoms with Gasteiger partial charge in [0, 0.05) is 12.8 Å². The van der Waals surface area contributed by atoms with E-state index in [4.69, 9.17) is 10.8 Å². The van der Waals surface area contributed by atoms with Crippen LogP contribution in [0.15, 0.2) is 6.20 Å². The highest BCUT2D eigenvalue weighted by Crippen LogP contribution is 2.33. The molecule has 1 heterocycles. The second-order valence-electron chi connectivity index (χ2n) is 5.83. The smallest absolute Gasteiger partial charge is 0.116 e. The van der Waals surface area contributed by atoms with E-state index in [1.807, 2.05) is 10.9 Å². The third-order valence-corrected chi connectivity index (χ3v) is 3.79. The van der Waals surface area contributed by atoms with Crippen LogP contribution < -0.4 is 5.73 Å². The largest absolute Gasteiger partial charge is 0.396 e. The summed E-state index contributed by atoms with van der Waals surface area (Å²) in [6.07, 6.45) is 5.89. The molecule has 4 N–H and O–H groups in total. The van der Waals surface area contributed by atoms with E-state index in [0.717, 1.165) is 25.7 Å². The predicted molar refractivity (Wildman–Crippen MR) is 70.0 cm³/mol. The van der Waals surface area contributed by atoms with Gasteiger partial charge in [0.2, 0.25) is 0 Å². The van der Waals surface area contributed by atoms with E-state index in [0.29, 0.717) is 23.3 Å². The zero-order chi connectivity index (χ0) is 13.3. The monoisotopic (exact) mass is 253 g/mol. The summed E-state index contributed by atoms with van der Waals surface area (Å²) < 4.78 is 1.89. The number of nitrogens with two attached hydrogens (primary N) is 1. The molecule has 0 bridgehead atoms. The molecule has 102 valence electrons. The zero-order valence-electron chi connectivity index (χ0n) is 11.1. The molecule has 0 spiro atoms. The Labute approximate surface area is 108 Å². The lowest BCUT2D eigenvalue weighted by Gasteiger charge is -2.27. The van der Waals surface area contributed by atoms with Crippen molar-refractivity contribution in [1.82, 2.24) is 9.78 Å². The number of hydrogen-bond donors (Lipinski definition) is 3. The highest BCUT2D eigenvalue weighted by atomic mass is 16.3. The third-order valence-electron chi connectivity index (χ3n) is 3.79. The number of aliphatic hydroxyl groups is 2. The van der Waals surface area contributed by atoms with Gasteiger partial charge in [0.05, 0.1) is 11.7 Å². The lowest BCUT2D eigenvalue weighted by Crippen LogP contribution is -2.22. The number of hydrogen-bond acceptors (Lipinski definition) is 4. The van der Waals surface area contributed by atoms with Crippen LogP contribution in [-0.4, -0.2) is 26.6 Å². The van der Waals surface area contributed by atoms with Gasteiger partial charge >= 0.3 is 0 Å². The Balaban J connectivity index is 2.11. The van der Waals surface area contributed by atoms with Crippen LogP contribution in [0.3, 0.4) is 0 Å². The molecule has 5 nitrogen and oxygen atoms in total. The summed E-state index contributed by atoms with van der Waals surface area (Å²) in [6, 6.07) is 0.339. The second kappa shape index (κ2) is 4.90. The Morgan fingerprint density at radius 2 is 2.00 bits per heavy atom. The van der Waals surface area contributed by atoms with Crippen molar-refractivity contribution in [3.63, 3.8) is 0 Å². The van der Waals surface area contributed by atoms with Gasteiger partial charge in [-0.1, -0.05) is 0 Å². The minimum absolute atomic E-state index is 0.281. The van der Waals surface area contributed by atoms with E-state index < -0.39 is 5.60 Å². The maximum atomic E-state index is 9.97. The van der Waals surface area contributed by atoms with Crippen molar-refractivity contribution in [3.05, 3.63) is 11.9 Å². The lowest BCUT2D eigenvalue weighted by atomic mass is 9.87. The third kappa shape index (κ3) is 2.67. The lowest BCUT2D eigenvalue weighted by molar-refractivity contribution is 0.0730. The van der Waals surface area contributed by atoms with E-state index in [1.165, 1.54) is 0 Å². The number of nitrogen functional groups attached to an aromatic ring is 1. The van der Waals surface area contributed by atoms with Crippen LogP contribution in [0.5, 0.6) is 0 Å². The topological polar surface area (TPSA) is 84.3 Å². The summed E-state index contributed by atoms with van der Waals surface area (Å²) in [5.74, 6) is 0.433. The van der Waals surface area contributed by atoms with Gasteiger partial charge in [-0.2, -0.15) is 5.10 Å². The van der Waals surface area contributed by atoms with Crippen LogP contribution in [0.4, 0.5) is 5.69 Å². The molecule has 2 rings (SSSR count). The number of aromatic nitrogens is 2. The molecule has 1 fully saturated rings. The van der Waals surface area contributed by atoms with E-state index in [2.05, 4.69) is 5.10 Å². The average molecular weight is 253 g/mol. The van der Waals surface area contributed by atoms with Gasteiger partial charge in [-0.25, -0.2) is 0 Å². The van der Waals surface area contributed by atoms with E-state index in [9.17, 15) is 5.11 Å². The van der Waals surface area contributed by atoms with Crippen LogP contribution >= 0.6 is 0 Å². The normalized spacial score (nSPS) is 25.3. The molecule has 0 unspecified atom stereocenters. The van der Waals surface area contributed by atoms with Gasteiger partial charge in [-0.15, -0.1) is 0 Å². The molecule has 18 heavy (non-hydrogen) atoms. The van der Waals surface area contributed by atoms with Crippen molar-refractivity contribution in [1.29, 1.82) is 0 Å². The van der Waals surface area contributed by atoms with Gasteiger partial charge in [-0.05, 0) is 45.4 Å². The highest BCUT2D eigenvalue weighted by Gasteiger charge is 2.27. The fourth-order valence-electron chi connectivity index (χ4n) is 2.66. The summed E-state index contributed by atoms with van der Waals surface area (Å²) >= 11 is 0. The highest BCUT2D eigenvalue weighted by molar-refractivity contribution is 5.43. The minimum atomic E-state index is -1.00. The number of nitrogens with zero attached hydrogens (tertiary/aromatic N) is 2. The van der Waals surface area contributed by atoms with Crippen LogP contribution in [0.1, 0.15) is 51.3 Å². The van der Waals surface area contributed by atoms with E-state index >= 15 is 0 Å². The first-order valence-electron chi connectivity index (χ1n) is 6.60. The molecule has 0 amide bonds. The minimum Gasteiger partial charge on any atom is -0.396 e. The number of anilines is 1. The first kappa shape index (κ1) is 13.4. The van der Waals surface area contributed by atoms with E-state index in [-0.39, 0.29) is 6.61 Å². The van der Waals surface area contributed by atoms with Crippen LogP contribution in [0.25, 0.3) is 0 Å². The van der Waals surface area contributed by atoms with Crippen LogP contribution in [0, 0.1) is 5.92 Å². The van der Waals surface area contributed by atoms with Crippen molar-refractivity contribution < 1.29 is 10.2 Å². The maximum Gasteiger partial charge on any atom is 0.116 e.